The number of hydrogen-bond acceptors (Lipinski definition) is 3. The first-order valence-corrected chi connectivity index (χ1v) is 12.0. The average Bonchev–Trinajstić information content (AvgIpc) is 3.23. The van der Waals surface area contributed by atoms with Gasteiger partial charge in [-0.25, -0.2) is 12.8 Å². The lowest BCUT2D eigenvalue weighted by atomic mass is 10.0. The number of H-pyrrole nitrogens is 1. The normalized spacial score (nSPS) is 17.5. The Bertz CT molecular complexity index is 1440. The molecule has 2 aliphatic heterocycles. The van der Waals surface area contributed by atoms with Crippen molar-refractivity contribution < 1.29 is 12.8 Å². The minimum absolute atomic E-state index is 0.223. The third kappa shape index (κ3) is 2.87. The van der Waals surface area contributed by atoms with Gasteiger partial charge in [0.1, 0.15) is 5.82 Å². The minimum Gasteiger partial charge on any atom is -0.358 e. The molecule has 3 aromatic carbocycles. The Labute approximate surface area is 180 Å². The van der Waals surface area contributed by atoms with Crippen molar-refractivity contribution in [3.63, 3.8) is 0 Å². The Morgan fingerprint density at radius 2 is 1.87 bits per heavy atom. The van der Waals surface area contributed by atoms with E-state index < -0.39 is 10.0 Å². The highest BCUT2D eigenvalue weighted by atomic mass is 32.2. The topological polar surface area (TPSA) is 56.4 Å². The summed E-state index contributed by atoms with van der Waals surface area (Å²) in [4.78, 5) is 6.15. The summed E-state index contributed by atoms with van der Waals surface area (Å²) in [7, 11) is -3.51. The van der Waals surface area contributed by atoms with Gasteiger partial charge in [-0.05, 0) is 47.7 Å². The van der Waals surface area contributed by atoms with Crippen LogP contribution in [0.2, 0.25) is 0 Å². The highest BCUT2D eigenvalue weighted by Gasteiger charge is 2.35. The van der Waals surface area contributed by atoms with Crippen molar-refractivity contribution in [2.45, 2.75) is 24.3 Å². The molecule has 7 heteroatoms. The second-order valence-electron chi connectivity index (χ2n) is 8.36. The van der Waals surface area contributed by atoms with Crippen LogP contribution in [0.3, 0.4) is 0 Å². The Hall–Kier alpha value is -2.90. The molecule has 158 valence electrons. The van der Waals surface area contributed by atoms with Crippen molar-refractivity contribution in [1.82, 2.24) is 9.88 Å². The molecule has 0 amide bonds. The molecule has 0 bridgehead atoms. The molecule has 2 aliphatic rings. The summed E-state index contributed by atoms with van der Waals surface area (Å²) in [6, 6.07) is 16.1. The first-order chi connectivity index (χ1) is 15.0. The van der Waals surface area contributed by atoms with Gasteiger partial charge < -0.3 is 4.98 Å². The molecule has 0 unspecified atom stereocenters. The van der Waals surface area contributed by atoms with E-state index in [0.717, 1.165) is 65.4 Å². The number of hydrogen-bond donors (Lipinski definition) is 1. The summed E-state index contributed by atoms with van der Waals surface area (Å²) in [5.74, 6) is -0.223. The molecule has 5 nitrogen and oxygen atoms in total. The van der Waals surface area contributed by atoms with Gasteiger partial charge in [0.15, 0.2) is 0 Å². The summed E-state index contributed by atoms with van der Waals surface area (Å²) < 4.78 is 41.6. The number of nitrogens with zero attached hydrogens (tertiary/aromatic N) is 2. The maximum atomic E-state index is 13.7. The number of aromatic amines is 1. The molecule has 0 spiro atoms. The van der Waals surface area contributed by atoms with Gasteiger partial charge >= 0.3 is 0 Å². The number of halogens is 1. The molecular formula is C24H22FN3O2S. The summed E-state index contributed by atoms with van der Waals surface area (Å²) in [5, 5.41) is 2.73. The predicted molar refractivity (Wildman–Crippen MR) is 120 cm³/mol. The monoisotopic (exact) mass is 435 g/mol. The van der Waals surface area contributed by atoms with Crippen molar-refractivity contribution in [3.8, 4) is 0 Å². The summed E-state index contributed by atoms with van der Waals surface area (Å²) in [6.45, 7) is 2.90. The zero-order chi connectivity index (χ0) is 21.2. The van der Waals surface area contributed by atoms with Gasteiger partial charge in [0, 0.05) is 54.6 Å². The van der Waals surface area contributed by atoms with E-state index in [1.54, 1.807) is 28.6 Å². The Balaban J connectivity index is 1.20. The summed E-state index contributed by atoms with van der Waals surface area (Å²) in [5.41, 5.74) is 4.09. The van der Waals surface area contributed by atoms with Crippen LogP contribution in [0.1, 0.15) is 17.7 Å². The van der Waals surface area contributed by atoms with Crippen molar-refractivity contribution >= 4 is 37.4 Å². The lowest BCUT2D eigenvalue weighted by Gasteiger charge is -2.28. The predicted octanol–water partition coefficient (Wildman–Crippen LogP) is 4.42. The Morgan fingerprint density at radius 3 is 2.74 bits per heavy atom. The highest BCUT2D eigenvalue weighted by Crippen LogP contribution is 2.42. The molecule has 0 fully saturated rings. The van der Waals surface area contributed by atoms with Crippen molar-refractivity contribution in [3.05, 3.63) is 71.7 Å². The van der Waals surface area contributed by atoms with Crippen molar-refractivity contribution in [2.24, 2.45) is 0 Å². The number of rotatable bonds is 4. The van der Waals surface area contributed by atoms with Crippen LogP contribution < -0.4 is 4.31 Å². The second-order valence-corrected chi connectivity index (χ2v) is 10.2. The van der Waals surface area contributed by atoms with Crippen LogP contribution in [0, 0.1) is 5.82 Å². The lowest BCUT2D eigenvalue weighted by molar-refractivity contribution is 0.253. The lowest BCUT2D eigenvalue weighted by Crippen LogP contribution is -2.34. The van der Waals surface area contributed by atoms with Gasteiger partial charge in [-0.15, -0.1) is 0 Å². The van der Waals surface area contributed by atoms with E-state index in [0.29, 0.717) is 11.4 Å². The summed E-state index contributed by atoms with van der Waals surface area (Å²) in [6.07, 6.45) is 1.62. The fourth-order valence-corrected chi connectivity index (χ4v) is 6.82. The quantitative estimate of drug-likeness (QED) is 0.516. The first kappa shape index (κ1) is 18.8. The standard InChI is InChI=1S/C24H22FN3O2S/c25-17-8-9-20-18(14-17)19-15-27(13-10-21(19)26-20)11-3-12-28-22-6-1-4-16-5-2-7-23(24(16)22)31(28,29)30/h1-2,4-9,14,26H,3,10-13,15H2. The summed E-state index contributed by atoms with van der Waals surface area (Å²) >= 11 is 0. The van der Waals surface area contributed by atoms with Crippen LogP contribution in [0.5, 0.6) is 0 Å². The number of nitrogens with one attached hydrogen (secondary N) is 1. The molecule has 0 saturated heterocycles. The van der Waals surface area contributed by atoms with Crippen LogP contribution in [0.15, 0.2) is 59.5 Å². The minimum atomic E-state index is -3.51. The first-order valence-electron chi connectivity index (χ1n) is 10.6. The molecule has 0 saturated carbocycles. The van der Waals surface area contributed by atoms with E-state index in [4.69, 9.17) is 0 Å². The fourth-order valence-electron chi connectivity index (χ4n) is 5.07. The number of sulfonamides is 1. The molecule has 0 aliphatic carbocycles. The largest absolute Gasteiger partial charge is 0.358 e. The number of benzene rings is 3. The van der Waals surface area contributed by atoms with Crippen molar-refractivity contribution in [1.29, 1.82) is 0 Å². The van der Waals surface area contributed by atoms with E-state index in [9.17, 15) is 12.8 Å². The number of fused-ring (bicyclic) bond motifs is 3. The molecule has 0 atom stereocenters. The van der Waals surface area contributed by atoms with Crippen LogP contribution in [-0.4, -0.2) is 37.9 Å². The van der Waals surface area contributed by atoms with E-state index in [-0.39, 0.29) is 5.82 Å². The van der Waals surface area contributed by atoms with E-state index in [2.05, 4.69) is 9.88 Å². The van der Waals surface area contributed by atoms with Crippen LogP contribution in [0.4, 0.5) is 10.1 Å². The van der Waals surface area contributed by atoms with Crippen LogP contribution in [-0.2, 0) is 23.0 Å². The van der Waals surface area contributed by atoms with Gasteiger partial charge in [-0.3, -0.25) is 9.21 Å². The zero-order valence-corrected chi connectivity index (χ0v) is 17.8. The maximum absolute atomic E-state index is 13.7. The SMILES string of the molecule is O=S1(=O)c2cccc3cccc(c23)N1CCCN1CCc2[nH]c3ccc(F)cc3c2C1. The van der Waals surface area contributed by atoms with Gasteiger partial charge in [0.25, 0.3) is 10.0 Å². The number of anilines is 1. The van der Waals surface area contributed by atoms with E-state index in [1.807, 2.05) is 24.3 Å². The Morgan fingerprint density at radius 1 is 1.03 bits per heavy atom. The molecular weight excluding hydrogens is 413 g/mol. The third-order valence-corrected chi connectivity index (χ3v) is 8.39. The Kier molecular flexibility index (Phi) is 4.13. The molecule has 1 N–H and O–H groups in total. The van der Waals surface area contributed by atoms with Crippen LogP contribution in [0.25, 0.3) is 21.7 Å². The molecule has 31 heavy (non-hydrogen) atoms. The highest BCUT2D eigenvalue weighted by molar-refractivity contribution is 7.93. The van der Waals surface area contributed by atoms with Gasteiger partial charge in [0.2, 0.25) is 0 Å². The molecule has 1 aromatic heterocycles. The van der Waals surface area contributed by atoms with E-state index in [1.165, 1.54) is 11.8 Å². The average molecular weight is 436 g/mol. The van der Waals surface area contributed by atoms with Gasteiger partial charge in [-0.2, -0.15) is 0 Å². The zero-order valence-electron chi connectivity index (χ0n) is 16.9. The molecule has 6 rings (SSSR count). The maximum Gasteiger partial charge on any atom is 0.265 e. The molecule has 3 heterocycles. The van der Waals surface area contributed by atoms with E-state index >= 15 is 0 Å². The second kappa shape index (κ2) is 6.80. The molecule has 0 radical (unpaired) electrons. The smallest absolute Gasteiger partial charge is 0.265 e. The third-order valence-electron chi connectivity index (χ3n) is 6.53. The number of aromatic nitrogens is 1. The molecule has 4 aromatic rings. The van der Waals surface area contributed by atoms with Gasteiger partial charge in [0.05, 0.1) is 10.6 Å². The van der Waals surface area contributed by atoms with Crippen LogP contribution >= 0.6 is 0 Å². The fraction of sp³-hybridized carbons (Fsp3) is 0.250. The van der Waals surface area contributed by atoms with Crippen molar-refractivity contribution in [2.75, 3.05) is 23.9 Å². The van der Waals surface area contributed by atoms with Gasteiger partial charge in [-0.1, -0.05) is 24.3 Å².